The van der Waals surface area contributed by atoms with E-state index in [9.17, 15) is 0 Å². The SMILES string of the molecule is NC(c1ccc(OC2CC2)cc1)C1COCCO1. The molecule has 0 aromatic heterocycles. The van der Waals surface area contributed by atoms with Crippen LogP contribution in [0.25, 0.3) is 0 Å². The van der Waals surface area contributed by atoms with Gasteiger partial charge in [0.2, 0.25) is 0 Å². The minimum atomic E-state index is -0.139. The summed E-state index contributed by atoms with van der Waals surface area (Å²) in [6.07, 6.45) is 2.73. The third kappa shape index (κ3) is 2.83. The highest BCUT2D eigenvalue weighted by atomic mass is 16.6. The maximum absolute atomic E-state index is 6.19. The Labute approximate surface area is 107 Å². The molecule has 1 saturated carbocycles. The van der Waals surface area contributed by atoms with Crippen LogP contribution >= 0.6 is 0 Å². The van der Waals surface area contributed by atoms with Crippen molar-refractivity contribution < 1.29 is 14.2 Å². The minimum Gasteiger partial charge on any atom is -0.490 e. The lowest BCUT2D eigenvalue weighted by atomic mass is 10.0. The summed E-state index contributed by atoms with van der Waals surface area (Å²) in [7, 11) is 0. The summed E-state index contributed by atoms with van der Waals surface area (Å²) < 4.78 is 16.7. The number of hydrogen-bond acceptors (Lipinski definition) is 4. The van der Waals surface area contributed by atoms with E-state index in [2.05, 4.69) is 0 Å². The van der Waals surface area contributed by atoms with E-state index in [1.807, 2.05) is 24.3 Å². The van der Waals surface area contributed by atoms with Crippen LogP contribution in [0, 0.1) is 0 Å². The second kappa shape index (κ2) is 5.26. The van der Waals surface area contributed by atoms with Crippen molar-refractivity contribution in [2.24, 2.45) is 5.73 Å². The van der Waals surface area contributed by atoms with Crippen molar-refractivity contribution in [1.82, 2.24) is 0 Å². The van der Waals surface area contributed by atoms with Crippen molar-refractivity contribution in [3.05, 3.63) is 29.8 Å². The zero-order valence-electron chi connectivity index (χ0n) is 10.4. The monoisotopic (exact) mass is 249 g/mol. The van der Waals surface area contributed by atoms with E-state index in [0.717, 1.165) is 11.3 Å². The molecular weight excluding hydrogens is 230 g/mol. The van der Waals surface area contributed by atoms with Crippen molar-refractivity contribution in [2.45, 2.75) is 31.1 Å². The average Bonchev–Trinajstić information content (AvgIpc) is 3.24. The molecule has 1 aliphatic heterocycles. The highest BCUT2D eigenvalue weighted by Gasteiger charge is 2.25. The van der Waals surface area contributed by atoms with Gasteiger partial charge in [0, 0.05) is 0 Å². The van der Waals surface area contributed by atoms with Crippen LogP contribution in [0.3, 0.4) is 0 Å². The third-order valence-corrected chi connectivity index (χ3v) is 3.33. The second-order valence-electron chi connectivity index (χ2n) is 4.90. The van der Waals surface area contributed by atoms with Gasteiger partial charge in [0.05, 0.1) is 32.0 Å². The molecule has 2 aliphatic rings. The van der Waals surface area contributed by atoms with Gasteiger partial charge in [-0.25, -0.2) is 0 Å². The Bertz CT molecular complexity index is 383. The fourth-order valence-corrected chi connectivity index (χ4v) is 2.07. The number of hydrogen-bond donors (Lipinski definition) is 1. The Morgan fingerprint density at radius 1 is 1.17 bits per heavy atom. The molecule has 0 amide bonds. The van der Waals surface area contributed by atoms with Gasteiger partial charge in [-0.05, 0) is 30.5 Å². The van der Waals surface area contributed by atoms with Crippen molar-refractivity contribution in [2.75, 3.05) is 19.8 Å². The van der Waals surface area contributed by atoms with Crippen LogP contribution in [0.4, 0.5) is 0 Å². The molecule has 98 valence electrons. The van der Waals surface area contributed by atoms with E-state index >= 15 is 0 Å². The molecule has 1 aromatic carbocycles. The zero-order valence-corrected chi connectivity index (χ0v) is 10.4. The lowest BCUT2D eigenvalue weighted by Gasteiger charge is -2.28. The summed E-state index contributed by atoms with van der Waals surface area (Å²) in [6.45, 7) is 1.86. The fraction of sp³-hybridized carbons (Fsp3) is 0.571. The Kier molecular flexibility index (Phi) is 3.50. The first kappa shape index (κ1) is 12.0. The smallest absolute Gasteiger partial charge is 0.119 e. The van der Waals surface area contributed by atoms with Crippen LogP contribution in [-0.4, -0.2) is 32.0 Å². The summed E-state index contributed by atoms with van der Waals surface area (Å²) >= 11 is 0. The fourth-order valence-electron chi connectivity index (χ4n) is 2.07. The van der Waals surface area contributed by atoms with Crippen LogP contribution in [0.15, 0.2) is 24.3 Å². The first-order valence-corrected chi connectivity index (χ1v) is 6.54. The van der Waals surface area contributed by atoms with Crippen LogP contribution < -0.4 is 10.5 Å². The van der Waals surface area contributed by atoms with Crippen molar-refractivity contribution >= 4 is 0 Å². The van der Waals surface area contributed by atoms with E-state index in [-0.39, 0.29) is 12.1 Å². The average molecular weight is 249 g/mol. The molecule has 2 fully saturated rings. The van der Waals surface area contributed by atoms with Gasteiger partial charge in [-0.15, -0.1) is 0 Å². The zero-order chi connectivity index (χ0) is 12.4. The highest BCUT2D eigenvalue weighted by Crippen LogP contribution is 2.28. The first-order valence-electron chi connectivity index (χ1n) is 6.54. The van der Waals surface area contributed by atoms with Crippen molar-refractivity contribution in [3.63, 3.8) is 0 Å². The van der Waals surface area contributed by atoms with Crippen LogP contribution in [0.5, 0.6) is 5.75 Å². The first-order chi connectivity index (χ1) is 8.83. The number of rotatable bonds is 4. The Morgan fingerprint density at radius 3 is 2.56 bits per heavy atom. The van der Waals surface area contributed by atoms with Crippen LogP contribution in [0.2, 0.25) is 0 Å². The molecular formula is C14H19NO3. The summed E-state index contributed by atoms with van der Waals surface area (Å²) in [5.41, 5.74) is 7.25. The lowest BCUT2D eigenvalue weighted by Crippen LogP contribution is -2.37. The molecule has 4 nitrogen and oxygen atoms in total. The van der Waals surface area contributed by atoms with Gasteiger partial charge in [-0.3, -0.25) is 0 Å². The van der Waals surface area contributed by atoms with E-state index in [1.165, 1.54) is 12.8 Å². The standard InChI is InChI=1S/C14H19NO3/c15-14(13-9-16-7-8-17-13)10-1-3-11(4-2-10)18-12-5-6-12/h1-4,12-14H,5-9,15H2. The van der Waals surface area contributed by atoms with Crippen LogP contribution in [-0.2, 0) is 9.47 Å². The maximum atomic E-state index is 6.19. The molecule has 4 heteroatoms. The topological polar surface area (TPSA) is 53.7 Å². The Balaban J connectivity index is 1.63. The molecule has 18 heavy (non-hydrogen) atoms. The normalized spacial score (nSPS) is 25.7. The van der Waals surface area contributed by atoms with E-state index in [0.29, 0.717) is 25.9 Å². The van der Waals surface area contributed by atoms with E-state index in [4.69, 9.17) is 19.9 Å². The van der Waals surface area contributed by atoms with Crippen molar-refractivity contribution in [1.29, 1.82) is 0 Å². The van der Waals surface area contributed by atoms with Gasteiger partial charge in [0.25, 0.3) is 0 Å². The maximum Gasteiger partial charge on any atom is 0.119 e. The van der Waals surface area contributed by atoms with Gasteiger partial charge < -0.3 is 19.9 Å². The molecule has 2 unspecified atom stereocenters. The van der Waals surface area contributed by atoms with Crippen molar-refractivity contribution in [3.8, 4) is 5.75 Å². The van der Waals surface area contributed by atoms with E-state index in [1.54, 1.807) is 0 Å². The predicted octanol–water partition coefficient (Wildman–Crippen LogP) is 1.64. The van der Waals surface area contributed by atoms with Gasteiger partial charge in [0.1, 0.15) is 11.9 Å². The molecule has 0 radical (unpaired) electrons. The third-order valence-electron chi connectivity index (χ3n) is 3.33. The molecule has 1 aromatic rings. The molecule has 3 rings (SSSR count). The summed E-state index contributed by atoms with van der Waals surface area (Å²) in [5.74, 6) is 0.925. The quantitative estimate of drug-likeness (QED) is 0.881. The summed E-state index contributed by atoms with van der Waals surface area (Å²) in [5, 5.41) is 0. The Hall–Kier alpha value is -1.10. The molecule has 0 spiro atoms. The van der Waals surface area contributed by atoms with Gasteiger partial charge >= 0.3 is 0 Å². The number of ether oxygens (including phenoxy) is 3. The molecule has 1 heterocycles. The number of benzene rings is 1. The molecule has 2 atom stereocenters. The van der Waals surface area contributed by atoms with Crippen LogP contribution in [0.1, 0.15) is 24.4 Å². The molecule has 1 aliphatic carbocycles. The largest absolute Gasteiger partial charge is 0.490 e. The second-order valence-corrected chi connectivity index (χ2v) is 4.90. The molecule has 1 saturated heterocycles. The van der Waals surface area contributed by atoms with E-state index < -0.39 is 0 Å². The predicted molar refractivity (Wildman–Crippen MR) is 67.6 cm³/mol. The molecule has 0 bridgehead atoms. The highest BCUT2D eigenvalue weighted by molar-refractivity contribution is 5.30. The van der Waals surface area contributed by atoms with Gasteiger partial charge in [-0.1, -0.05) is 12.1 Å². The summed E-state index contributed by atoms with van der Waals surface area (Å²) in [6, 6.07) is 7.86. The lowest BCUT2D eigenvalue weighted by molar-refractivity contribution is -0.0975. The van der Waals surface area contributed by atoms with Gasteiger partial charge in [-0.2, -0.15) is 0 Å². The summed E-state index contributed by atoms with van der Waals surface area (Å²) in [4.78, 5) is 0. The van der Waals surface area contributed by atoms with Gasteiger partial charge in [0.15, 0.2) is 0 Å². The minimum absolute atomic E-state index is 0.0473. The molecule has 2 N–H and O–H groups in total. The Morgan fingerprint density at radius 2 is 1.94 bits per heavy atom. The number of nitrogens with two attached hydrogens (primary N) is 1.